The van der Waals surface area contributed by atoms with Crippen molar-refractivity contribution in [1.82, 2.24) is 0 Å². The topological polar surface area (TPSA) is 161 Å². The van der Waals surface area contributed by atoms with Gasteiger partial charge in [-0.3, -0.25) is 0 Å². The van der Waals surface area contributed by atoms with Crippen molar-refractivity contribution in [2.24, 2.45) is 0 Å². The third kappa shape index (κ3) is 5.70. The van der Waals surface area contributed by atoms with Gasteiger partial charge in [-0.05, 0) is 57.6 Å². The SMILES string of the molecule is N#CC(C#N)=C1C2=C(C(=C(C#N)C#N)c3cc(-c4cccc(OC(F)(F)F)c4C#N)ccc32)c2ccc(-c3cccc(OC(F)(F)F)c3C#N)cc21. The van der Waals surface area contributed by atoms with Crippen molar-refractivity contribution < 1.29 is 35.8 Å². The average molecular weight is 699 g/mol. The third-order valence-electron chi connectivity index (χ3n) is 8.16. The Morgan fingerprint density at radius 2 is 0.827 bits per heavy atom. The van der Waals surface area contributed by atoms with Gasteiger partial charge in [0.05, 0.1) is 0 Å². The molecule has 2 aliphatic rings. The van der Waals surface area contributed by atoms with E-state index in [0.717, 1.165) is 12.1 Å². The van der Waals surface area contributed by atoms with E-state index in [1.165, 1.54) is 60.7 Å². The first-order chi connectivity index (χ1) is 24.8. The van der Waals surface area contributed by atoms with Crippen LogP contribution in [0.25, 0.3) is 44.5 Å². The molecule has 14 heteroatoms. The molecule has 0 aromatic heterocycles. The Morgan fingerprint density at radius 1 is 0.462 bits per heavy atom. The van der Waals surface area contributed by atoms with E-state index < -0.39 is 46.5 Å². The third-order valence-corrected chi connectivity index (χ3v) is 8.16. The molecule has 0 unspecified atom stereocenters. The molecule has 0 spiro atoms. The van der Waals surface area contributed by atoms with Crippen molar-refractivity contribution in [3.8, 4) is 70.2 Å². The number of fused-ring (bicyclic) bond motifs is 4. The number of ether oxygens (including phenoxy) is 2. The number of hydrogen-bond acceptors (Lipinski definition) is 8. The summed E-state index contributed by atoms with van der Waals surface area (Å²) in [4.78, 5) is 0. The summed E-state index contributed by atoms with van der Waals surface area (Å²) >= 11 is 0. The number of halogens is 6. The van der Waals surface area contributed by atoms with Crippen molar-refractivity contribution >= 4 is 22.3 Å². The van der Waals surface area contributed by atoms with Crippen LogP contribution in [-0.4, -0.2) is 12.7 Å². The van der Waals surface area contributed by atoms with Gasteiger partial charge in [-0.15, -0.1) is 26.3 Å². The molecule has 0 heterocycles. The highest BCUT2D eigenvalue weighted by molar-refractivity contribution is 6.38. The van der Waals surface area contributed by atoms with E-state index in [1.54, 1.807) is 12.1 Å². The lowest BCUT2D eigenvalue weighted by Crippen LogP contribution is -2.18. The Balaban J connectivity index is 1.60. The second kappa shape index (κ2) is 12.6. The quantitative estimate of drug-likeness (QED) is 0.151. The maximum Gasteiger partial charge on any atom is 0.573 e. The predicted octanol–water partition coefficient (Wildman–Crippen LogP) is 9.10. The highest BCUT2D eigenvalue weighted by atomic mass is 19.4. The van der Waals surface area contributed by atoms with Crippen LogP contribution in [-0.2, 0) is 0 Å². The number of alkyl halides is 6. The zero-order valence-corrected chi connectivity index (χ0v) is 25.7. The molecule has 0 radical (unpaired) electrons. The second-order valence-corrected chi connectivity index (χ2v) is 10.9. The zero-order valence-electron chi connectivity index (χ0n) is 25.7. The van der Waals surface area contributed by atoms with E-state index >= 15 is 0 Å². The lowest BCUT2D eigenvalue weighted by molar-refractivity contribution is -0.275. The summed E-state index contributed by atoms with van der Waals surface area (Å²) in [5.41, 5.74) is 0.587. The Morgan fingerprint density at radius 3 is 1.13 bits per heavy atom. The minimum atomic E-state index is -5.09. The molecule has 0 fully saturated rings. The molecule has 0 bridgehead atoms. The summed E-state index contributed by atoms with van der Waals surface area (Å²) < 4.78 is 86.8. The first-order valence-corrected chi connectivity index (χ1v) is 14.5. The number of benzene rings is 4. The van der Waals surface area contributed by atoms with Gasteiger partial charge in [-0.2, -0.15) is 31.6 Å². The molecule has 0 atom stereocenters. The molecule has 0 saturated carbocycles. The highest BCUT2D eigenvalue weighted by Crippen LogP contribution is 2.60. The number of nitriles is 6. The number of allylic oxidation sites excluding steroid dienone is 6. The molecule has 248 valence electrons. The minimum absolute atomic E-state index is 0.0366. The van der Waals surface area contributed by atoms with Crippen LogP contribution in [0.1, 0.15) is 33.4 Å². The van der Waals surface area contributed by atoms with Gasteiger partial charge >= 0.3 is 12.7 Å². The van der Waals surface area contributed by atoms with E-state index in [0.29, 0.717) is 11.1 Å². The van der Waals surface area contributed by atoms with Gasteiger partial charge in [-0.1, -0.05) is 48.5 Å². The Labute approximate surface area is 289 Å². The predicted molar refractivity (Wildman–Crippen MR) is 170 cm³/mol. The summed E-state index contributed by atoms with van der Waals surface area (Å²) in [7, 11) is 0. The van der Waals surface area contributed by atoms with Gasteiger partial charge in [0.1, 0.15) is 70.2 Å². The van der Waals surface area contributed by atoms with Gasteiger partial charge < -0.3 is 9.47 Å². The molecule has 0 N–H and O–H groups in total. The van der Waals surface area contributed by atoms with Crippen LogP contribution in [0.2, 0.25) is 0 Å². The van der Waals surface area contributed by atoms with E-state index in [-0.39, 0.29) is 55.7 Å². The number of rotatable bonds is 4. The Hall–Kier alpha value is -7.78. The van der Waals surface area contributed by atoms with Gasteiger partial charge in [-0.25, -0.2) is 0 Å². The number of nitrogens with zero attached hydrogens (tertiary/aromatic N) is 6. The van der Waals surface area contributed by atoms with Gasteiger partial charge in [0.25, 0.3) is 0 Å². The van der Waals surface area contributed by atoms with Crippen molar-refractivity contribution in [1.29, 1.82) is 31.6 Å². The average Bonchev–Trinajstić information content (AvgIpc) is 3.60. The van der Waals surface area contributed by atoms with Gasteiger partial charge in [0.15, 0.2) is 0 Å². The van der Waals surface area contributed by atoms with Crippen molar-refractivity contribution in [3.05, 3.63) is 117 Å². The Bertz CT molecular complexity index is 2410. The fraction of sp³-hybridized carbons (Fsp3) is 0.0526. The van der Waals surface area contributed by atoms with Crippen molar-refractivity contribution in [3.63, 3.8) is 0 Å². The lowest BCUT2D eigenvalue weighted by Gasteiger charge is -2.17. The smallest absolute Gasteiger partial charge is 0.404 e. The summed E-state index contributed by atoms with van der Waals surface area (Å²) in [5, 5.41) is 59.9. The fourth-order valence-corrected chi connectivity index (χ4v) is 6.32. The van der Waals surface area contributed by atoms with Crippen molar-refractivity contribution in [2.75, 3.05) is 0 Å². The molecule has 6 rings (SSSR count). The highest BCUT2D eigenvalue weighted by Gasteiger charge is 2.41. The largest absolute Gasteiger partial charge is 0.573 e. The van der Waals surface area contributed by atoms with Crippen molar-refractivity contribution in [2.45, 2.75) is 12.7 Å². The number of hydrogen-bond donors (Lipinski definition) is 0. The molecule has 0 amide bonds. The molecule has 52 heavy (non-hydrogen) atoms. The summed E-state index contributed by atoms with van der Waals surface area (Å²) in [6.07, 6.45) is -10.2. The molecule has 8 nitrogen and oxygen atoms in total. The maximum absolute atomic E-state index is 13.1. The summed E-state index contributed by atoms with van der Waals surface area (Å²) in [6.45, 7) is 0. The van der Waals surface area contributed by atoms with Crippen LogP contribution >= 0.6 is 0 Å². The van der Waals surface area contributed by atoms with Crippen LogP contribution in [0.15, 0.2) is 83.9 Å². The van der Waals surface area contributed by atoms with E-state index in [4.69, 9.17) is 0 Å². The monoisotopic (exact) mass is 698 g/mol. The minimum Gasteiger partial charge on any atom is -0.404 e. The van der Waals surface area contributed by atoms with Crippen LogP contribution < -0.4 is 9.47 Å². The van der Waals surface area contributed by atoms with E-state index in [2.05, 4.69) is 9.47 Å². The first kappa shape index (κ1) is 34.1. The maximum atomic E-state index is 13.1. The molecular weight excluding hydrogens is 686 g/mol. The molecule has 2 aliphatic carbocycles. The second-order valence-electron chi connectivity index (χ2n) is 10.9. The van der Waals surface area contributed by atoms with Crippen LogP contribution in [0.3, 0.4) is 0 Å². The van der Waals surface area contributed by atoms with E-state index in [1.807, 2.05) is 24.3 Å². The standard InChI is InChI=1S/C38H12F6N6O2/c39-37(40,41)51-31-5-1-3-23(29(31)17-49)19-7-9-25-27(11-19)33(21(13-45)14-46)36-26-10-8-20(12-28(26)34(35(25)36)22(15-47)16-48)24-4-2-6-32(30(24)18-50)52-38(42,43)44/h1-12H. The lowest BCUT2D eigenvalue weighted by atomic mass is 9.86. The first-order valence-electron chi connectivity index (χ1n) is 14.5. The molecule has 4 aromatic carbocycles. The Kier molecular flexibility index (Phi) is 8.26. The fourth-order valence-electron chi connectivity index (χ4n) is 6.32. The molecule has 0 saturated heterocycles. The summed E-state index contributed by atoms with van der Waals surface area (Å²) in [6, 6.07) is 26.9. The summed E-state index contributed by atoms with van der Waals surface area (Å²) in [5.74, 6) is -1.51. The van der Waals surface area contributed by atoms with Gasteiger partial charge in [0, 0.05) is 33.4 Å². The molecule has 0 aliphatic heterocycles. The zero-order chi connectivity index (χ0) is 37.5. The normalized spacial score (nSPS) is 12.5. The van der Waals surface area contributed by atoms with Crippen LogP contribution in [0, 0.1) is 68.0 Å². The van der Waals surface area contributed by atoms with E-state index in [9.17, 15) is 57.9 Å². The van der Waals surface area contributed by atoms with Gasteiger partial charge in [0.2, 0.25) is 0 Å². The molecular formula is C38H12F6N6O2. The molecule has 4 aromatic rings. The van der Waals surface area contributed by atoms with Crippen LogP contribution in [0.5, 0.6) is 11.5 Å². The van der Waals surface area contributed by atoms with Crippen LogP contribution in [0.4, 0.5) is 26.3 Å².